The summed E-state index contributed by atoms with van der Waals surface area (Å²) in [6.07, 6.45) is 2.15. The predicted molar refractivity (Wildman–Crippen MR) is 115 cm³/mol. The summed E-state index contributed by atoms with van der Waals surface area (Å²) in [5.41, 5.74) is 1.68. The topological polar surface area (TPSA) is 91.8 Å². The summed E-state index contributed by atoms with van der Waals surface area (Å²) in [6.45, 7) is 4.25. The van der Waals surface area contributed by atoms with Gasteiger partial charge in [0.25, 0.3) is 0 Å². The van der Waals surface area contributed by atoms with E-state index >= 15 is 0 Å². The summed E-state index contributed by atoms with van der Waals surface area (Å²) in [7, 11) is -0.0881. The Morgan fingerprint density at radius 1 is 1.23 bits per heavy atom. The van der Waals surface area contributed by atoms with E-state index in [0.717, 1.165) is 36.5 Å². The molecular formula is C17H29IN4O3S. The molecule has 7 nitrogen and oxygen atoms in total. The summed E-state index contributed by atoms with van der Waals surface area (Å²) in [4.78, 5) is 4.22. The van der Waals surface area contributed by atoms with E-state index < -0.39 is 10.0 Å². The summed E-state index contributed by atoms with van der Waals surface area (Å²) in [5, 5.41) is 6.56. The highest BCUT2D eigenvalue weighted by molar-refractivity contribution is 14.0. The van der Waals surface area contributed by atoms with Gasteiger partial charge in [-0.15, -0.1) is 24.0 Å². The fourth-order valence-corrected chi connectivity index (χ4v) is 3.47. The standard InChI is InChI=1S/C17H28N4O3S.HI/c1-17(9-4-10-24-17)13-21-16(18-2)20-11-14-5-7-15(8-6-14)12-25(22,23)19-3;/h5-8,19H,4,9-13H2,1-3H3,(H2,18,20,21);1H. The van der Waals surface area contributed by atoms with Crippen molar-refractivity contribution >= 4 is 40.0 Å². The van der Waals surface area contributed by atoms with Crippen molar-refractivity contribution in [2.24, 2.45) is 4.99 Å². The van der Waals surface area contributed by atoms with Crippen LogP contribution in [0.2, 0.25) is 0 Å². The smallest absolute Gasteiger partial charge is 0.215 e. The van der Waals surface area contributed by atoms with Crippen LogP contribution in [0.15, 0.2) is 29.3 Å². The van der Waals surface area contributed by atoms with Crippen molar-refractivity contribution in [1.29, 1.82) is 0 Å². The third-order valence-corrected chi connectivity index (χ3v) is 5.64. The first-order chi connectivity index (χ1) is 11.9. The van der Waals surface area contributed by atoms with Crippen LogP contribution in [-0.2, 0) is 27.1 Å². The second kappa shape index (κ2) is 10.4. The third kappa shape index (κ3) is 7.37. The molecular weight excluding hydrogens is 467 g/mol. The van der Waals surface area contributed by atoms with E-state index in [1.54, 1.807) is 7.05 Å². The van der Waals surface area contributed by atoms with Gasteiger partial charge in [-0.25, -0.2) is 13.1 Å². The Labute approximate surface area is 173 Å². The molecule has 1 aromatic rings. The number of sulfonamides is 1. The van der Waals surface area contributed by atoms with Gasteiger partial charge in [-0.3, -0.25) is 4.99 Å². The zero-order valence-corrected chi connectivity index (χ0v) is 18.7. The second-order valence-electron chi connectivity index (χ2n) is 6.46. The minimum absolute atomic E-state index is 0. The van der Waals surface area contributed by atoms with Crippen molar-refractivity contribution in [1.82, 2.24) is 15.4 Å². The normalized spacial score (nSPS) is 20.5. The van der Waals surface area contributed by atoms with E-state index in [0.29, 0.717) is 13.1 Å². The number of nitrogens with one attached hydrogen (secondary N) is 3. The van der Waals surface area contributed by atoms with Gasteiger partial charge in [0.2, 0.25) is 10.0 Å². The van der Waals surface area contributed by atoms with Crippen LogP contribution in [0.25, 0.3) is 0 Å². The first-order valence-corrected chi connectivity index (χ1v) is 10.1. The highest BCUT2D eigenvalue weighted by Gasteiger charge is 2.29. The van der Waals surface area contributed by atoms with E-state index in [4.69, 9.17) is 4.74 Å². The molecule has 1 aliphatic rings. The number of ether oxygens (including phenoxy) is 1. The molecule has 1 atom stereocenters. The van der Waals surface area contributed by atoms with Crippen LogP contribution >= 0.6 is 24.0 Å². The molecule has 0 radical (unpaired) electrons. The van der Waals surface area contributed by atoms with Gasteiger partial charge in [-0.2, -0.15) is 0 Å². The zero-order valence-electron chi connectivity index (χ0n) is 15.5. The van der Waals surface area contributed by atoms with E-state index in [1.165, 1.54) is 7.05 Å². The lowest BCUT2D eigenvalue weighted by Crippen LogP contribution is -2.45. The molecule has 1 aliphatic heterocycles. The molecule has 0 saturated carbocycles. The lowest BCUT2D eigenvalue weighted by molar-refractivity contribution is 0.0243. The van der Waals surface area contributed by atoms with Crippen LogP contribution in [0.5, 0.6) is 0 Å². The van der Waals surface area contributed by atoms with Gasteiger partial charge in [0.05, 0.1) is 11.4 Å². The molecule has 1 fully saturated rings. The molecule has 2 rings (SSSR count). The fraction of sp³-hybridized carbons (Fsp3) is 0.588. The molecule has 1 unspecified atom stereocenters. The molecule has 1 saturated heterocycles. The largest absolute Gasteiger partial charge is 0.373 e. The highest BCUT2D eigenvalue weighted by Crippen LogP contribution is 2.23. The minimum Gasteiger partial charge on any atom is -0.373 e. The fourth-order valence-electron chi connectivity index (χ4n) is 2.70. The van der Waals surface area contributed by atoms with Crippen LogP contribution < -0.4 is 15.4 Å². The Morgan fingerprint density at radius 3 is 2.42 bits per heavy atom. The van der Waals surface area contributed by atoms with Crippen LogP contribution in [0.3, 0.4) is 0 Å². The van der Waals surface area contributed by atoms with Gasteiger partial charge in [0.1, 0.15) is 0 Å². The quantitative estimate of drug-likeness (QED) is 0.303. The van der Waals surface area contributed by atoms with E-state index in [2.05, 4.69) is 27.3 Å². The van der Waals surface area contributed by atoms with Crippen molar-refractivity contribution in [3.8, 4) is 0 Å². The summed E-state index contributed by atoms with van der Waals surface area (Å²) in [6, 6.07) is 7.50. The van der Waals surface area contributed by atoms with Crippen LogP contribution in [0.4, 0.5) is 0 Å². The maximum Gasteiger partial charge on any atom is 0.215 e. The van der Waals surface area contributed by atoms with Gasteiger partial charge in [-0.1, -0.05) is 24.3 Å². The molecule has 0 bridgehead atoms. The number of halogens is 1. The average molecular weight is 496 g/mol. The summed E-state index contributed by atoms with van der Waals surface area (Å²) in [5.74, 6) is 0.706. The van der Waals surface area contributed by atoms with Crippen LogP contribution in [0.1, 0.15) is 30.9 Å². The molecule has 26 heavy (non-hydrogen) atoms. The Hall–Kier alpha value is -0.910. The number of benzene rings is 1. The van der Waals surface area contributed by atoms with E-state index in [1.807, 2.05) is 24.3 Å². The molecule has 0 aliphatic carbocycles. The van der Waals surface area contributed by atoms with Gasteiger partial charge in [0, 0.05) is 26.7 Å². The monoisotopic (exact) mass is 496 g/mol. The maximum absolute atomic E-state index is 11.6. The zero-order chi connectivity index (χ0) is 18.3. The summed E-state index contributed by atoms with van der Waals surface area (Å²) >= 11 is 0. The second-order valence-corrected chi connectivity index (χ2v) is 8.39. The maximum atomic E-state index is 11.6. The van der Waals surface area contributed by atoms with Gasteiger partial charge < -0.3 is 15.4 Å². The van der Waals surface area contributed by atoms with Crippen LogP contribution in [-0.4, -0.2) is 47.2 Å². The van der Waals surface area contributed by atoms with E-state index in [-0.39, 0.29) is 35.3 Å². The first kappa shape index (κ1) is 23.1. The van der Waals surface area contributed by atoms with Crippen molar-refractivity contribution in [3.05, 3.63) is 35.4 Å². The molecule has 1 aromatic carbocycles. The Balaban J connectivity index is 0.00000338. The number of hydrogen-bond donors (Lipinski definition) is 3. The predicted octanol–water partition coefficient (Wildman–Crippen LogP) is 1.59. The number of hydrogen-bond acceptors (Lipinski definition) is 4. The van der Waals surface area contributed by atoms with Gasteiger partial charge in [-0.05, 0) is 37.9 Å². The number of aliphatic imine (C=N–C) groups is 1. The van der Waals surface area contributed by atoms with Crippen molar-refractivity contribution in [2.45, 2.75) is 37.7 Å². The molecule has 0 amide bonds. The molecule has 9 heteroatoms. The third-order valence-electron chi connectivity index (χ3n) is 4.30. The SMILES string of the molecule is CN=C(NCc1ccc(CS(=O)(=O)NC)cc1)NCC1(C)CCCO1.I. The van der Waals surface area contributed by atoms with Crippen molar-refractivity contribution in [3.63, 3.8) is 0 Å². The van der Waals surface area contributed by atoms with Gasteiger partial charge >= 0.3 is 0 Å². The number of guanidine groups is 1. The lowest BCUT2D eigenvalue weighted by Gasteiger charge is -2.24. The molecule has 148 valence electrons. The molecule has 0 spiro atoms. The van der Waals surface area contributed by atoms with Gasteiger partial charge in [0.15, 0.2) is 5.96 Å². The Morgan fingerprint density at radius 2 is 1.88 bits per heavy atom. The Kier molecular flexibility index (Phi) is 9.28. The molecule has 3 N–H and O–H groups in total. The number of nitrogens with zero attached hydrogens (tertiary/aromatic N) is 1. The molecule has 1 heterocycles. The minimum atomic E-state index is -3.24. The Bertz CT molecular complexity index is 686. The van der Waals surface area contributed by atoms with E-state index in [9.17, 15) is 8.42 Å². The average Bonchev–Trinajstić information content (AvgIpc) is 3.03. The van der Waals surface area contributed by atoms with Crippen LogP contribution in [0, 0.1) is 0 Å². The highest BCUT2D eigenvalue weighted by atomic mass is 127. The molecule has 0 aromatic heterocycles. The number of rotatable bonds is 7. The van der Waals surface area contributed by atoms with Crippen molar-refractivity contribution < 1.29 is 13.2 Å². The lowest BCUT2D eigenvalue weighted by atomic mass is 10.0. The first-order valence-electron chi connectivity index (χ1n) is 8.43. The summed E-state index contributed by atoms with van der Waals surface area (Å²) < 4.78 is 31.2. The van der Waals surface area contributed by atoms with Crippen molar-refractivity contribution in [2.75, 3.05) is 27.2 Å².